The lowest BCUT2D eigenvalue weighted by atomic mass is 10.2. The van der Waals surface area contributed by atoms with Crippen LogP contribution in [0, 0.1) is 12.8 Å². The van der Waals surface area contributed by atoms with Gasteiger partial charge in [0.2, 0.25) is 0 Å². The molecule has 17 heavy (non-hydrogen) atoms. The van der Waals surface area contributed by atoms with Crippen molar-refractivity contribution in [3.8, 4) is 5.75 Å². The minimum absolute atomic E-state index is 0.699. The van der Waals surface area contributed by atoms with Crippen molar-refractivity contribution in [3.63, 3.8) is 0 Å². The van der Waals surface area contributed by atoms with Gasteiger partial charge in [-0.15, -0.1) is 0 Å². The van der Waals surface area contributed by atoms with Gasteiger partial charge in [-0.3, -0.25) is 0 Å². The SMILES string of the molecule is COc1ccc(NC(=S)NCC2CC2)c(C)c1. The van der Waals surface area contributed by atoms with Crippen LogP contribution in [0.1, 0.15) is 18.4 Å². The third kappa shape index (κ3) is 3.60. The molecule has 0 amide bonds. The molecule has 0 heterocycles. The standard InChI is InChI=1S/C13H18N2OS/c1-9-7-11(16-2)5-6-12(9)15-13(17)14-8-10-3-4-10/h5-7,10H,3-4,8H2,1-2H3,(H2,14,15,17). The first-order valence-corrected chi connectivity index (χ1v) is 6.29. The van der Waals surface area contributed by atoms with E-state index in [0.717, 1.165) is 29.5 Å². The van der Waals surface area contributed by atoms with Crippen molar-refractivity contribution in [1.29, 1.82) is 0 Å². The molecule has 1 aromatic rings. The Kier molecular flexibility index (Phi) is 3.84. The number of benzene rings is 1. The zero-order valence-corrected chi connectivity index (χ0v) is 11.1. The van der Waals surface area contributed by atoms with Crippen molar-refractivity contribution in [2.45, 2.75) is 19.8 Å². The molecule has 1 aliphatic rings. The first-order chi connectivity index (χ1) is 8.19. The van der Waals surface area contributed by atoms with E-state index in [0.29, 0.717) is 5.11 Å². The van der Waals surface area contributed by atoms with Gasteiger partial charge in [0.1, 0.15) is 5.75 Å². The summed E-state index contributed by atoms with van der Waals surface area (Å²) in [5, 5.41) is 7.15. The van der Waals surface area contributed by atoms with E-state index >= 15 is 0 Å². The van der Waals surface area contributed by atoms with Crippen molar-refractivity contribution in [2.24, 2.45) is 5.92 Å². The first-order valence-electron chi connectivity index (χ1n) is 5.88. The van der Waals surface area contributed by atoms with E-state index < -0.39 is 0 Å². The number of methoxy groups -OCH3 is 1. The van der Waals surface area contributed by atoms with Crippen LogP contribution in [0.25, 0.3) is 0 Å². The second kappa shape index (κ2) is 5.36. The lowest BCUT2D eigenvalue weighted by Gasteiger charge is -2.13. The topological polar surface area (TPSA) is 33.3 Å². The van der Waals surface area contributed by atoms with Crippen LogP contribution in [0.4, 0.5) is 5.69 Å². The third-order valence-electron chi connectivity index (χ3n) is 2.93. The van der Waals surface area contributed by atoms with Gasteiger partial charge in [0.15, 0.2) is 5.11 Å². The number of aryl methyl sites for hydroxylation is 1. The zero-order valence-electron chi connectivity index (χ0n) is 10.2. The van der Waals surface area contributed by atoms with Crippen LogP contribution < -0.4 is 15.4 Å². The molecule has 0 radical (unpaired) electrons. The summed E-state index contributed by atoms with van der Waals surface area (Å²) in [4.78, 5) is 0. The maximum Gasteiger partial charge on any atom is 0.170 e. The third-order valence-corrected chi connectivity index (χ3v) is 3.18. The fraction of sp³-hybridized carbons (Fsp3) is 0.462. The van der Waals surface area contributed by atoms with Gasteiger partial charge in [-0.1, -0.05) is 0 Å². The highest BCUT2D eigenvalue weighted by atomic mass is 32.1. The Morgan fingerprint density at radius 3 is 2.82 bits per heavy atom. The zero-order chi connectivity index (χ0) is 12.3. The molecule has 0 atom stereocenters. The quantitative estimate of drug-likeness (QED) is 0.805. The van der Waals surface area contributed by atoms with Crippen molar-refractivity contribution in [1.82, 2.24) is 5.32 Å². The summed E-state index contributed by atoms with van der Waals surface area (Å²) in [5.41, 5.74) is 2.15. The molecule has 92 valence electrons. The lowest BCUT2D eigenvalue weighted by molar-refractivity contribution is 0.414. The largest absolute Gasteiger partial charge is 0.497 e. The highest BCUT2D eigenvalue weighted by Crippen LogP contribution is 2.27. The van der Waals surface area contributed by atoms with E-state index in [1.165, 1.54) is 12.8 Å². The van der Waals surface area contributed by atoms with Gasteiger partial charge in [0, 0.05) is 12.2 Å². The highest BCUT2D eigenvalue weighted by Gasteiger charge is 2.20. The second-order valence-electron chi connectivity index (χ2n) is 4.46. The van der Waals surface area contributed by atoms with Crippen LogP contribution in [0.3, 0.4) is 0 Å². The van der Waals surface area contributed by atoms with Crippen LogP contribution in [-0.4, -0.2) is 18.8 Å². The Balaban J connectivity index is 1.90. The summed E-state index contributed by atoms with van der Waals surface area (Å²) in [5.74, 6) is 1.69. The van der Waals surface area contributed by atoms with Crippen molar-refractivity contribution < 1.29 is 4.74 Å². The molecular formula is C13H18N2OS. The summed E-state index contributed by atoms with van der Waals surface area (Å²) in [6.45, 7) is 3.02. The molecular weight excluding hydrogens is 232 g/mol. The molecule has 3 nitrogen and oxygen atoms in total. The Labute approximate surface area is 108 Å². The maximum atomic E-state index is 5.25. The minimum Gasteiger partial charge on any atom is -0.497 e. The van der Waals surface area contributed by atoms with Crippen LogP contribution in [0.5, 0.6) is 5.75 Å². The molecule has 1 fully saturated rings. The van der Waals surface area contributed by atoms with Crippen LogP contribution in [0.2, 0.25) is 0 Å². The predicted molar refractivity (Wildman–Crippen MR) is 74.7 cm³/mol. The van der Waals surface area contributed by atoms with E-state index in [1.54, 1.807) is 7.11 Å². The maximum absolute atomic E-state index is 5.25. The van der Waals surface area contributed by atoms with Gasteiger partial charge < -0.3 is 15.4 Å². The van der Waals surface area contributed by atoms with Gasteiger partial charge in [-0.25, -0.2) is 0 Å². The van der Waals surface area contributed by atoms with Crippen molar-refractivity contribution in [2.75, 3.05) is 19.0 Å². The Hall–Kier alpha value is -1.29. The highest BCUT2D eigenvalue weighted by molar-refractivity contribution is 7.80. The molecule has 1 saturated carbocycles. The van der Waals surface area contributed by atoms with Gasteiger partial charge >= 0.3 is 0 Å². The molecule has 0 aromatic heterocycles. The van der Waals surface area contributed by atoms with Crippen LogP contribution >= 0.6 is 12.2 Å². The average Bonchev–Trinajstić information content (AvgIpc) is 3.13. The van der Waals surface area contributed by atoms with Gasteiger partial charge in [0.05, 0.1) is 7.11 Å². The summed E-state index contributed by atoms with van der Waals surface area (Å²) < 4.78 is 5.17. The fourth-order valence-electron chi connectivity index (χ4n) is 1.63. The molecule has 4 heteroatoms. The van der Waals surface area contributed by atoms with Gasteiger partial charge in [-0.05, 0) is 61.7 Å². The molecule has 2 N–H and O–H groups in total. The molecule has 0 spiro atoms. The van der Waals surface area contributed by atoms with E-state index in [1.807, 2.05) is 25.1 Å². The molecule has 0 bridgehead atoms. The summed E-state index contributed by atoms with van der Waals surface area (Å²) >= 11 is 5.25. The van der Waals surface area contributed by atoms with E-state index in [4.69, 9.17) is 17.0 Å². The smallest absolute Gasteiger partial charge is 0.170 e. The van der Waals surface area contributed by atoms with Gasteiger partial charge in [0.25, 0.3) is 0 Å². The molecule has 0 aliphatic heterocycles. The van der Waals surface area contributed by atoms with Crippen molar-refractivity contribution >= 4 is 23.0 Å². The normalized spacial score (nSPS) is 14.2. The predicted octanol–water partition coefficient (Wildman–Crippen LogP) is 2.70. The summed E-state index contributed by atoms with van der Waals surface area (Å²) in [7, 11) is 1.67. The van der Waals surface area contributed by atoms with E-state index in [9.17, 15) is 0 Å². The summed E-state index contributed by atoms with van der Waals surface area (Å²) in [6, 6.07) is 5.91. The lowest BCUT2D eigenvalue weighted by Crippen LogP contribution is -2.30. The number of ether oxygens (including phenoxy) is 1. The van der Waals surface area contributed by atoms with Crippen LogP contribution in [-0.2, 0) is 0 Å². The van der Waals surface area contributed by atoms with Gasteiger partial charge in [-0.2, -0.15) is 0 Å². The Morgan fingerprint density at radius 2 is 2.24 bits per heavy atom. The van der Waals surface area contributed by atoms with Crippen molar-refractivity contribution in [3.05, 3.63) is 23.8 Å². The Bertz CT molecular complexity index is 416. The summed E-state index contributed by atoms with van der Waals surface area (Å²) in [6.07, 6.45) is 2.66. The number of rotatable bonds is 4. The Morgan fingerprint density at radius 1 is 1.47 bits per heavy atom. The van der Waals surface area contributed by atoms with E-state index in [-0.39, 0.29) is 0 Å². The monoisotopic (exact) mass is 250 g/mol. The number of hydrogen-bond donors (Lipinski definition) is 2. The number of nitrogens with one attached hydrogen (secondary N) is 2. The molecule has 0 saturated heterocycles. The van der Waals surface area contributed by atoms with Crippen LogP contribution in [0.15, 0.2) is 18.2 Å². The molecule has 0 unspecified atom stereocenters. The molecule has 1 aromatic carbocycles. The molecule has 2 rings (SSSR count). The number of anilines is 1. The second-order valence-corrected chi connectivity index (χ2v) is 4.87. The average molecular weight is 250 g/mol. The number of hydrogen-bond acceptors (Lipinski definition) is 2. The molecule has 1 aliphatic carbocycles. The van der Waals surface area contributed by atoms with E-state index in [2.05, 4.69) is 10.6 Å². The minimum atomic E-state index is 0.699. The fourth-order valence-corrected chi connectivity index (χ4v) is 1.82. The number of thiocarbonyl (C=S) groups is 1. The first kappa shape index (κ1) is 12.2.